The molecule has 114 valence electrons. The Bertz CT molecular complexity index is 210. The summed E-state index contributed by atoms with van der Waals surface area (Å²) < 4.78 is 5.00. The molecule has 0 saturated carbocycles. The summed E-state index contributed by atoms with van der Waals surface area (Å²) in [4.78, 5) is 11.3. The molecule has 0 aromatic carbocycles. The predicted octanol–water partition coefficient (Wildman–Crippen LogP) is 5.64. The Hall–Kier alpha value is 0.0500. The number of alkyl halides is 2. The molecule has 1 atom stereocenters. The molecule has 0 fully saturated rings. The van der Waals surface area contributed by atoms with E-state index in [1.54, 1.807) is 0 Å². The molecular weight excluding hydrogens is 283 g/mol. The lowest BCUT2D eigenvalue weighted by atomic mass is 10.1. The molecule has 19 heavy (non-hydrogen) atoms. The highest BCUT2D eigenvalue weighted by atomic mass is 35.5. The third kappa shape index (κ3) is 14.3. The zero-order chi connectivity index (χ0) is 14.3. The summed E-state index contributed by atoms with van der Waals surface area (Å²) in [5.74, 6) is 0.625. The maximum atomic E-state index is 11.3. The van der Waals surface area contributed by atoms with Crippen molar-refractivity contribution in [3.63, 3.8) is 0 Å². The Morgan fingerprint density at radius 1 is 0.947 bits per heavy atom. The second kappa shape index (κ2) is 14.5. The highest BCUT2D eigenvalue weighted by molar-refractivity contribution is 6.20. The van der Waals surface area contributed by atoms with Gasteiger partial charge in [0.15, 0.2) is 5.56 Å². The SMILES string of the molecule is CCC(Cl)OC(=O)CCCCCCCCCCCCl. The van der Waals surface area contributed by atoms with Gasteiger partial charge in [0, 0.05) is 12.3 Å². The lowest BCUT2D eigenvalue weighted by Crippen LogP contribution is -2.11. The number of hydrogen-bond acceptors (Lipinski definition) is 2. The molecular formula is C15H28Cl2O2. The average molecular weight is 311 g/mol. The third-order valence-electron chi connectivity index (χ3n) is 3.09. The fraction of sp³-hybridized carbons (Fsp3) is 0.933. The van der Waals surface area contributed by atoms with Crippen LogP contribution < -0.4 is 0 Å². The van der Waals surface area contributed by atoms with Gasteiger partial charge < -0.3 is 4.74 Å². The molecule has 1 unspecified atom stereocenters. The normalized spacial score (nSPS) is 12.4. The van der Waals surface area contributed by atoms with E-state index in [0.29, 0.717) is 12.8 Å². The maximum absolute atomic E-state index is 11.3. The molecule has 0 aromatic heterocycles. The van der Waals surface area contributed by atoms with Gasteiger partial charge in [-0.1, -0.05) is 63.5 Å². The van der Waals surface area contributed by atoms with Gasteiger partial charge in [0.05, 0.1) is 0 Å². The number of unbranched alkanes of at least 4 members (excludes halogenated alkanes) is 8. The van der Waals surface area contributed by atoms with Crippen LogP contribution in [0.4, 0.5) is 0 Å². The van der Waals surface area contributed by atoms with Crippen LogP contribution in [-0.4, -0.2) is 17.4 Å². The smallest absolute Gasteiger partial charge is 0.307 e. The Morgan fingerprint density at radius 2 is 1.42 bits per heavy atom. The number of ether oxygens (including phenoxy) is 1. The van der Waals surface area contributed by atoms with Crippen LogP contribution in [0.25, 0.3) is 0 Å². The largest absolute Gasteiger partial charge is 0.446 e. The Balaban J connectivity index is 3.16. The van der Waals surface area contributed by atoms with Crippen LogP contribution in [0, 0.1) is 0 Å². The number of esters is 1. The molecule has 0 aliphatic carbocycles. The van der Waals surface area contributed by atoms with E-state index >= 15 is 0 Å². The Labute approximate surface area is 128 Å². The minimum Gasteiger partial charge on any atom is -0.446 e. The van der Waals surface area contributed by atoms with E-state index in [4.69, 9.17) is 27.9 Å². The van der Waals surface area contributed by atoms with E-state index < -0.39 is 5.56 Å². The first-order valence-electron chi connectivity index (χ1n) is 7.60. The molecule has 0 N–H and O–H groups in total. The van der Waals surface area contributed by atoms with Crippen molar-refractivity contribution in [2.45, 2.75) is 83.1 Å². The van der Waals surface area contributed by atoms with Gasteiger partial charge >= 0.3 is 5.97 Å². The van der Waals surface area contributed by atoms with Gasteiger partial charge in [-0.3, -0.25) is 4.79 Å². The van der Waals surface area contributed by atoms with E-state index in [1.807, 2.05) is 6.92 Å². The van der Waals surface area contributed by atoms with Crippen LogP contribution in [-0.2, 0) is 9.53 Å². The number of carbonyl (C=O) groups is 1. The van der Waals surface area contributed by atoms with Gasteiger partial charge in [0.25, 0.3) is 0 Å². The first kappa shape index (κ1) is 19.1. The maximum Gasteiger partial charge on any atom is 0.307 e. The minimum absolute atomic E-state index is 0.164. The summed E-state index contributed by atoms with van der Waals surface area (Å²) in [5, 5.41) is 0. The van der Waals surface area contributed by atoms with E-state index in [0.717, 1.165) is 25.1 Å². The minimum atomic E-state index is -0.458. The van der Waals surface area contributed by atoms with Crippen molar-refractivity contribution in [3.05, 3.63) is 0 Å². The molecule has 4 heteroatoms. The number of carbonyl (C=O) groups excluding carboxylic acids is 1. The van der Waals surface area contributed by atoms with Crippen molar-refractivity contribution in [1.29, 1.82) is 0 Å². The molecule has 0 saturated heterocycles. The lowest BCUT2D eigenvalue weighted by molar-refractivity contribution is -0.145. The van der Waals surface area contributed by atoms with Crippen LogP contribution in [0.5, 0.6) is 0 Å². The van der Waals surface area contributed by atoms with Crippen molar-refractivity contribution in [2.24, 2.45) is 0 Å². The van der Waals surface area contributed by atoms with Gasteiger partial charge in [0.1, 0.15) is 0 Å². The van der Waals surface area contributed by atoms with E-state index in [1.165, 1.54) is 38.5 Å². The molecule has 0 aromatic rings. The van der Waals surface area contributed by atoms with Crippen LogP contribution >= 0.6 is 23.2 Å². The molecule has 0 aliphatic heterocycles. The molecule has 0 aliphatic rings. The van der Waals surface area contributed by atoms with Crippen LogP contribution in [0.15, 0.2) is 0 Å². The summed E-state index contributed by atoms with van der Waals surface area (Å²) in [7, 11) is 0. The van der Waals surface area contributed by atoms with Crippen molar-refractivity contribution in [1.82, 2.24) is 0 Å². The summed E-state index contributed by atoms with van der Waals surface area (Å²) in [6, 6.07) is 0. The highest BCUT2D eigenvalue weighted by Gasteiger charge is 2.08. The highest BCUT2D eigenvalue weighted by Crippen LogP contribution is 2.12. The second-order valence-electron chi connectivity index (χ2n) is 4.93. The van der Waals surface area contributed by atoms with Crippen molar-refractivity contribution < 1.29 is 9.53 Å². The quantitative estimate of drug-likeness (QED) is 0.250. The van der Waals surface area contributed by atoms with Crippen molar-refractivity contribution in [2.75, 3.05) is 5.88 Å². The van der Waals surface area contributed by atoms with Crippen LogP contribution in [0.1, 0.15) is 77.6 Å². The van der Waals surface area contributed by atoms with Gasteiger partial charge in [-0.05, 0) is 19.3 Å². The standard InChI is InChI=1S/C15H28Cl2O2/c1-2-14(17)19-15(18)12-10-8-6-4-3-5-7-9-11-13-16/h14H,2-13H2,1H3. The van der Waals surface area contributed by atoms with E-state index in [2.05, 4.69) is 0 Å². The first-order valence-corrected chi connectivity index (χ1v) is 8.57. The lowest BCUT2D eigenvalue weighted by Gasteiger charge is -2.08. The zero-order valence-electron chi connectivity index (χ0n) is 12.1. The molecule has 0 bridgehead atoms. The van der Waals surface area contributed by atoms with Crippen molar-refractivity contribution >= 4 is 29.2 Å². The predicted molar refractivity (Wildman–Crippen MR) is 82.9 cm³/mol. The first-order chi connectivity index (χ1) is 9.20. The van der Waals surface area contributed by atoms with Crippen molar-refractivity contribution in [3.8, 4) is 0 Å². The van der Waals surface area contributed by atoms with Gasteiger partial charge in [0.2, 0.25) is 0 Å². The summed E-state index contributed by atoms with van der Waals surface area (Å²) in [6.45, 7) is 1.90. The average Bonchev–Trinajstić information content (AvgIpc) is 2.40. The third-order valence-corrected chi connectivity index (χ3v) is 3.76. The molecule has 0 rings (SSSR count). The van der Waals surface area contributed by atoms with E-state index in [9.17, 15) is 4.79 Å². The molecule has 0 spiro atoms. The van der Waals surface area contributed by atoms with Gasteiger partial charge in [-0.15, -0.1) is 11.6 Å². The number of rotatable bonds is 13. The molecule has 0 amide bonds. The fourth-order valence-corrected chi connectivity index (χ4v) is 2.17. The Morgan fingerprint density at radius 3 is 1.89 bits per heavy atom. The summed E-state index contributed by atoms with van der Waals surface area (Å²) in [5.41, 5.74) is -0.458. The Kier molecular flexibility index (Phi) is 14.5. The molecule has 0 heterocycles. The fourth-order valence-electron chi connectivity index (χ4n) is 1.89. The number of hydrogen-bond donors (Lipinski definition) is 0. The van der Waals surface area contributed by atoms with Gasteiger partial charge in [-0.2, -0.15) is 0 Å². The molecule has 2 nitrogen and oxygen atoms in total. The second-order valence-corrected chi connectivity index (χ2v) is 5.79. The topological polar surface area (TPSA) is 26.3 Å². The van der Waals surface area contributed by atoms with Crippen LogP contribution in [0.2, 0.25) is 0 Å². The number of halogens is 2. The van der Waals surface area contributed by atoms with Crippen LogP contribution in [0.3, 0.4) is 0 Å². The monoisotopic (exact) mass is 310 g/mol. The molecule has 0 radical (unpaired) electrons. The van der Waals surface area contributed by atoms with Gasteiger partial charge in [-0.25, -0.2) is 0 Å². The summed E-state index contributed by atoms with van der Waals surface area (Å²) in [6.07, 6.45) is 12.0. The van der Waals surface area contributed by atoms with E-state index in [-0.39, 0.29) is 5.97 Å². The zero-order valence-corrected chi connectivity index (χ0v) is 13.6. The summed E-state index contributed by atoms with van der Waals surface area (Å²) >= 11 is 11.4.